The molecule has 0 aliphatic rings. The van der Waals surface area contributed by atoms with Gasteiger partial charge in [0.2, 0.25) is 0 Å². The van der Waals surface area contributed by atoms with Crippen molar-refractivity contribution in [3.63, 3.8) is 0 Å². The molecule has 0 aromatic carbocycles. The molecular formula is C22H40N6O8Se2. The number of carboxylic acids is 2. The van der Waals surface area contributed by atoms with Crippen LogP contribution in [0.5, 0.6) is 0 Å². The van der Waals surface area contributed by atoms with E-state index in [1.165, 1.54) is 0 Å². The molecule has 0 radical (unpaired) electrons. The van der Waals surface area contributed by atoms with Crippen molar-refractivity contribution in [1.29, 1.82) is 0 Å². The number of rotatable bonds is 19. The molecular weight excluding hydrogens is 634 g/mol. The van der Waals surface area contributed by atoms with E-state index in [2.05, 4.69) is 21.3 Å². The third-order valence-electron chi connectivity index (χ3n) is 4.77. The van der Waals surface area contributed by atoms with Crippen molar-refractivity contribution in [2.75, 3.05) is 13.1 Å². The van der Waals surface area contributed by atoms with Crippen molar-refractivity contribution >= 4 is 61.8 Å². The van der Waals surface area contributed by atoms with Crippen molar-refractivity contribution in [1.82, 2.24) is 21.3 Å². The Balaban J connectivity index is 5.26. The van der Waals surface area contributed by atoms with Crippen molar-refractivity contribution < 1.29 is 39.0 Å². The first kappa shape index (κ1) is 35.8. The zero-order valence-corrected chi connectivity index (χ0v) is 25.4. The first-order chi connectivity index (χ1) is 17.6. The van der Waals surface area contributed by atoms with Crippen LogP contribution < -0.4 is 32.7 Å². The molecule has 0 aromatic heterocycles. The summed E-state index contributed by atoms with van der Waals surface area (Å²) in [5, 5.41) is 27.7. The van der Waals surface area contributed by atoms with Crippen LogP contribution in [-0.4, -0.2) is 109 Å². The standard InChI is InChI=1S/C22H40N6O8Se2/c1-11(2)5-13(23)19(33)27-15(21(35)25-7-17(29)30)9-37-38-10-16(22(36)26-8-18(31)32)28-20(34)14(24)6-12(3)4/h11-16H,5-10,23-24H2,1-4H3,(H,25,35)(H,26,36)(H,27,33)(H,28,34)(H,29,30)(H,31,32)/t13-,14-,15-,16-/m0/s1. The van der Waals surface area contributed by atoms with Gasteiger partial charge in [-0.25, -0.2) is 0 Å². The Morgan fingerprint density at radius 2 is 0.947 bits per heavy atom. The van der Waals surface area contributed by atoms with Crippen LogP contribution >= 0.6 is 0 Å². The van der Waals surface area contributed by atoms with Gasteiger partial charge in [-0.05, 0) is 0 Å². The van der Waals surface area contributed by atoms with Gasteiger partial charge in [0.25, 0.3) is 0 Å². The van der Waals surface area contributed by atoms with Crippen LogP contribution in [0.3, 0.4) is 0 Å². The summed E-state index contributed by atoms with van der Waals surface area (Å²) in [6.07, 6.45) is 0.798. The van der Waals surface area contributed by atoms with E-state index < -0.39 is 72.8 Å². The van der Waals surface area contributed by atoms with Gasteiger partial charge in [-0.15, -0.1) is 0 Å². The Hall–Kier alpha value is -2.22. The van der Waals surface area contributed by atoms with Crippen LogP contribution in [-0.2, 0) is 28.8 Å². The topological polar surface area (TPSA) is 243 Å². The van der Waals surface area contributed by atoms with Crippen LogP contribution in [0.2, 0.25) is 10.6 Å². The van der Waals surface area contributed by atoms with Gasteiger partial charge >= 0.3 is 234 Å². The minimum atomic E-state index is -1.24. The van der Waals surface area contributed by atoms with E-state index in [-0.39, 0.29) is 48.7 Å². The first-order valence-electron chi connectivity index (χ1n) is 12.0. The number of carbonyl (C=O) groups excluding carboxylic acids is 4. The summed E-state index contributed by atoms with van der Waals surface area (Å²) in [7, 11) is 0. The molecule has 14 nitrogen and oxygen atoms in total. The molecule has 0 aromatic rings. The molecule has 0 aliphatic carbocycles. The predicted molar refractivity (Wildman–Crippen MR) is 141 cm³/mol. The number of hydrogen-bond donors (Lipinski definition) is 8. The summed E-state index contributed by atoms with van der Waals surface area (Å²) in [5.74, 6) is -4.58. The Morgan fingerprint density at radius 3 is 1.21 bits per heavy atom. The zero-order chi connectivity index (χ0) is 29.4. The molecule has 0 spiro atoms. The van der Waals surface area contributed by atoms with Gasteiger partial charge in [0.05, 0.1) is 0 Å². The number of hydrogen-bond acceptors (Lipinski definition) is 8. The number of nitrogens with one attached hydrogen (secondary N) is 4. The van der Waals surface area contributed by atoms with Gasteiger partial charge in [0.1, 0.15) is 0 Å². The van der Waals surface area contributed by atoms with Crippen molar-refractivity contribution in [2.24, 2.45) is 23.3 Å². The molecule has 0 fully saturated rings. The molecule has 0 heterocycles. The Morgan fingerprint density at radius 1 is 0.632 bits per heavy atom. The third kappa shape index (κ3) is 16.6. The fourth-order valence-electron chi connectivity index (χ4n) is 2.96. The van der Waals surface area contributed by atoms with Crippen molar-refractivity contribution in [2.45, 2.75) is 75.3 Å². The van der Waals surface area contributed by atoms with Crippen molar-refractivity contribution in [3.8, 4) is 0 Å². The quantitative estimate of drug-likeness (QED) is 0.0519. The summed E-state index contributed by atoms with van der Waals surface area (Å²) in [6, 6.07) is -3.71. The molecule has 0 rings (SSSR count). The Kier molecular flexibility index (Phi) is 17.8. The summed E-state index contributed by atoms with van der Waals surface area (Å²) >= 11 is -0.548. The van der Waals surface area contributed by atoms with Crippen LogP contribution in [0, 0.1) is 11.8 Å². The molecule has 0 saturated carbocycles. The maximum absolute atomic E-state index is 12.5. The molecule has 0 unspecified atom stereocenters. The molecule has 38 heavy (non-hydrogen) atoms. The van der Waals surface area contributed by atoms with E-state index in [1.54, 1.807) is 0 Å². The van der Waals surface area contributed by atoms with E-state index in [0.717, 1.165) is 0 Å². The number of aliphatic carboxylic acids is 2. The van der Waals surface area contributed by atoms with Gasteiger partial charge < -0.3 is 0 Å². The number of amides is 4. The first-order valence-corrected chi connectivity index (χ1v) is 18.7. The minimum absolute atomic E-state index is 0.149. The normalized spacial score (nSPS) is 14.2. The number of carboxylic acid groups (broad SMARTS) is 2. The average Bonchev–Trinajstić information content (AvgIpc) is 2.80. The summed E-state index contributed by atoms with van der Waals surface area (Å²) < 4.78 is 0. The fourth-order valence-corrected chi connectivity index (χ4v) is 9.98. The van der Waals surface area contributed by atoms with Crippen LogP contribution in [0.1, 0.15) is 40.5 Å². The maximum atomic E-state index is 12.5. The second-order valence-corrected chi connectivity index (χ2v) is 16.9. The van der Waals surface area contributed by atoms with Crippen LogP contribution in [0.4, 0.5) is 0 Å². The zero-order valence-electron chi connectivity index (χ0n) is 22.0. The monoisotopic (exact) mass is 676 g/mol. The molecule has 0 aliphatic heterocycles. The molecule has 4 atom stereocenters. The van der Waals surface area contributed by atoms with Gasteiger partial charge in [0.15, 0.2) is 0 Å². The van der Waals surface area contributed by atoms with Crippen LogP contribution in [0.25, 0.3) is 0 Å². The van der Waals surface area contributed by atoms with E-state index in [4.69, 9.17) is 21.7 Å². The second kappa shape index (κ2) is 18.9. The SMILES string of the molecule is CC(C)C[C@H](N)C(=O)N[C@@H](C[Se][Se]C[C@H](NC(=O)[C@@H](N)CC(C)C)C(=O)NCC(=O)O)C(=O)NCC(=O)O. The Bertz CT molecular complexity index is 764. The third-order valence-corrected chi connectivity index (χ3v) is 11.9. The Labute approximate surface area is 233 Å². The molecule has 4 amide bonds. The van der Waals surface area contributed by atoms with Gasteiger partial charge in [-0.1, -0.05) is 0 Å². The molecule has 10 N–H and O–H groups in total. The summed E-state index contributed by atoms with van der Waals surface area (Å²) in [5.41, 5.74) is 11.8. The summed E-state index contributed by atoms with van der Waals surface area (Å²) in [6.45, 7) is 6.35. The van der Waals surface area contributed by atoms with Gasteiger partial charge in [-0.3, -0.25) is 0 Å². The van der Waals surface area contributed by atoms with E-state index >= 15 is 0 Å². The van der Waals surface area contributed by atoms with E-state index in [0.29, 0.717) is 12.8 Å². The molecule has 218 valence electrons. The number of carbonyl (C=O) groups is 6. The van der Waals surface area contributed by atoms with Crippen LogP contribution in [0.15, 0.2) is 0 Å². The molecule has 0 bridgehead atoms. The molecule has 16 heteroatoms. The predicted octanol–water partition coefficient (Wildman–Crippen LogP) is -2.74. The van der Waals surface area contributed by atoms with E-state index in [1.807, 2.05) is 27.7 Å². The number of nitrogens with two attached hydrogens (primary N) is 2. The van der Waals surface area contributed by atoms with Gasteiger partial charge in [-0.2, -0.15) is 0 Å². The van der Waals surface area contributed by atoms with E-state index in [9.17, 15) is 28.8 Å². The second-order valence-electron chi connectivity index (χ2n) is 9.39. The fraction of sp³-hybridized carbons (Fsp3) is 0.727. The van der Waals surface area contributed by atoms with Crippen molar-refractivity contribution in [3.05, 3.63) is 0 Å². The molecule has 0 saturated heterocycles. The summed E-state index contributed by atoms with van der Waals surface area (Å²) in [4.78, 5) is 71.6. The van der Waals surface area contributed by atoms with Gasteiger partial charge in [0, 0.05) is 0 Å². The average molecular weight is 675 g/mol.